The standard InChI is InChI=1S/C14H19NO3/c1-5-12(16)15-7-6-11-10(4)13(17)8(2)9(3)14(11)18/h5,17-18H,1,6-7H2,2-4H3,(H,15,16). The highest BCUT2D eigenvalue weighted by Crippen LogP contribution is 2.36. The molecule has 0 aliphatic heterocycles. The minimum absolute atomic E-state index is 0.190. The predicted octanol–water partition coefficient (Wildman–Crippen LogP) is 1.87. The Labute approximate surface area is 107 Å². The highest BCUT2D eigenvalue weighted by Gasteiger charge is 2.15. The zero-order valence-corrected chi connectivity index (χ0v) is 11.0. The van der Waals surface area contributed by atoms with Crippen LogP contribution >= 0.6 is 0 Å². The highest BCUT2D eigenvalue weighted by molar-refractivity contribution is 5.86. The lowest BCUT2D eigenvalue weighted by atomic mass is 9.95. The molecule has 0 fully saturated rings. The van der Waals surface area contributed by atoms with Crippen LogP contribution in [0.3, 0.4) is 0 Å². The van der Waals surface area contributed by atoms with Crippen molar-refractivity contribution < 1.29 is 15.0 Å². The van der Waals surface area contributed by atoms with Gasteiger partial charge in [0.2, 0.25) is 5.91 Å². The molecule has 0 saturated heterocycles. The van der Waals surface area contributed by atoms with Crippen molar-refractivity contribution in [2.45, 2.75) is 27.2 Å². The number of hydrogen-bond acceptors (Lipinski definition) is 3. The molecule has 3 N–H and O–H groups in total. The van der Waals surface area contributed by atoms with Crippen molar-refractivity contribution in [2.24, 2.45) is 0 Å². The Kier molecular flexibility index (Phi) is 4.37. The second-order valence-electron chi connectivity index (χ2n) is 4.30. The van der Waals surface area contributed by atoms with Gasteiger partial charge >= 0.3 is 0 Å². The molecule has 4 heteroatoms. The molecule has 0 aromatic heterocycles. The normalized spacial score (nSPS) is 10.2. The third kappa shape index (κ3) is 2.64. The number of phenols is 2. The third-order valence-electron chi connectivity index (χ3n) is 3.23. The van der Waals surface area contributed by atoms with E-state index in [1.54, 1.807) is 20.8 Å². The summed E-state index contributed by atoms with van der Waals surface area (Å²) in [5.74, 6) is 0.145. The minimum atomic E-state index is -0.250. The van der Waals surface area contributed by atoms with E-state index in [4.69, 9.17) is 0 Å². The maximum absolute atomic E-state index is 11.0. The molecule has 0 radical (unpaired) electrons. The molecule has 98 valence electrons. The van der Waals surface area contributed by atoms with Crippen LogP contribution in [0.1, 0.15) is 22.3 Å². The second-order valence-corrected chi connectivity index (χ2v) is 4.30. The van der Waals surface area contributed by atoms with Crippen LogP contribution in [0.2, 0.25) is 0 Å². The molecule has 1 rings (SSSR count). The summed E-state index contributed by atoms with van der Waals surface area (Å²) in [6, 6.07) is 0. The van der Waals surface area contributed by atoms with Gasteiger partial charge in [-0.15, -0.1) is 0 Å². The molecule has 0 spiro atoms. The molecule has 0 saturated carbocycles. The first-order chi connectivity index (χ1) is 8.40. The summed E-state index contributed by atoms with van der Waals surface area (Å²) in [7, 11) is 0. The van der Waals surface area contributed by atoms with Crippen LogP contribution in [0.25, 0.3) is 0 Å². The summed E-state index contributed by atoms with van der Waals surface area (Å²) in [6.07, 6.45) is 1.66. The van der Waals surface area contributed by atoms with Gasteiger partial charge in [-0.1, -0.05) is 6.58 Å². The molecule has 0 unspecified atom stereocenters. The van der Waals surface area contributed by atoms with E-state index < -0.39 is 0 Å². The van der Waals surface area contributed by atoms with Crippen molar-refractivity contribution in [1.29, 1.82) is 0 Å². The topological polar surface area (TPSA) is 69.6 Å². The van der Waals surface area contributed by atoms with Crippen molar-refractivity contribution >= 4 is 5.91 Å². The smallest absolute Gasteiger partial charge is 0.243 e. The Morgan fingerprint density at radius 2 is 1.72 bits per heavy atom. The van der Waals surface area contributed by atoms with Crippen LogP contribution in [-0.4, -0.2) is 22.7 Å². The van der Waals surface area contributed by atoms with Gasteiger partial charge in [-0.2, -0.15) is 0 Å². The Balaban J connectivity index is 2.96. The predicted molar refractivity (Wildman–Crippen MR) is 70.9 cm³/mol. The van der Waals surface area contributed by atoms with Crippen LogP contribution in [-0.2, 0) is 11.2 Å². The van der Waals surface area contributed by atoms with E-state index in [0.29, 0.717) is 35.2 Å². The SMILES string of the molecule is C=CC(=O)NCCc1c(C)c(O)c(C)c(C)c1O. The Hall–Kier alpha value is -1.97. The van der Waals surface area contributed by atoms with Gasteiger partial charge in [0.25, 0.3) is 0 Å². The van der Waals surface area contributed by atoms with Crippen LogP contribution in [0.5, 0.6) is 11.5 Å². The lowest BCUT2D eigenvalue weighted by molar-refractivity contribution is -0.116. The number of rotatable bonds is 4. The van der Waals surface area contributed by atoms with E-state index >= 15 is 0 Å². The monoisotopic (exact) mass is 249 g/mol. The molecule has 0 heterocycles. The van der Waals surface area contributed by atoms with E-state index in [0.717, 1.165) is 0 Å². The lowest BCUT2D eigenvalue weighted by Gasteiger charge is -2.15. The van der Waals surface area contributed by atoms with E-state index in [-0.39, 0.29) is 17.4 Å². The molecule has 0 bridgehead atoms. The van der Waals surface area contributed by atoms with Gasteiger partial charge in [0.1, 0.15) is 11.5 Å². The molecule has 18 heavy (non-hydrogen) atoms. The average molecular weight is 249 g/mol. The van der Waals surface area contributed by atoms with Crippen molar-refractivity contribution in [3.63, 3.8) is 0 Å². The summed E-state index contributed by atoms with van der Waals surface area (Å²) < 4.78 is 0. The number of nitrogens with one attached hydrogen (secondary N) is 1. The number of aromatic hydroxyl groups is 2. The van der Waals surface area contributed by atoms with Crippen LogP contribution < -0.4 is 5.32 Å². The van der Waals surface area contributed by atoms with Gasteiger partial charge in [0.15, 0.2) is 0 Å². The number of hydrogen-bond donors (Lipinski definition) is 3. The molecule has 0 atom stereocenters. The van der Waals surface area contributed by atoms with E-state index in [9.17, 15) is 15.0 Å². The van der Waals surface area contributed by atoms with E-state index in [1.165, 1.54) is 6.08 Å². The van der Waals surface area contributed by atoms with Crippen molar-refractivity contribution in [1.82, 2.24) is 5.32 Å². The summed E-state index contributed by atoms with van der Waals surface area (Å²) >= 11 is 0. The summed E-state index contributed by atoms with van der Waals surface area (Å²) in [4.78, 5) is 11.0. The van der Waals surface area contributed by atoms with Gasteiger partial charge in [-0.25, -0.2) is 0 Å². The fraction of sp³-hybridized carbons (Fsp3) is 0.357. The lowest BCUT2D eigenvalue weighted by Crippen LogP contribution is -2.23. The minimum Gasteiger partial charge on any atom is -0.507 e. The Morgan fingerprint density at radius 1 is 1.17 bits per heavy atom. The van der Waals surface area contributed by atoms with Crippen LogP contribution in [0, 0.1) is 20.8 Å². The number of phenolic OH excluding ortho intramolecular Hbond substituents is 2. The van der Waals surface area contributed by atoms with Crippen molar-refractivity contribution in [2.75, 3.05) is 6.54 Å². The van der Waals surface area contributed by atoms with Gasteiger partial charge in [-0.05, 0) is 50.0 Å². The van der Waals surface area contributed by atoms with Gasteiger partial charge in [0.05, 0.1) is 0 Å². The zero-order valence-electron chi connectivity index (χ0n) is 11.0. The van der Waals surface area contributed by atoms with Gasteiger partial charge in [0, 0.05) is 12.1 Å². The average Bonchev–Trinajstić information content (AvgIpc) is 2.37. The van der Waals surface area contributed by atoms with E-state index in [1.807, 2.05) is 0 Å². The van der Waals surface area contributed by atoms with Gasteiger partial charge in [-0.3, -0.25) is 4.79 Å². The number of benzene rings is 1. The molecular formula is C14H19NO3. The summed E-state index contributed by atoms with van der Waals surface area (Å²) in [5.41, 5.74) is 2.68. The van der Waals surface area contributed by atoms with E-state index in [2.05, 4.69) is 11.9 Å². The first-order valence-electron chi connectivity index (χ1n) is 5.81. The quantitative estimate of drug-likeness (QED) is 0.563. The first kappa shape index (κ1) is 14.1. The van der Waals surface area contributed by atoms with Crippen LogP contribution in [0.15, 0.2) is 12.7 Å². The largest absolute Gasteiger partial charge is 0.507 e. The number of carbonyl (C=O) groups excluding carboxylic acids is 1. The number of amides is 1. The van der Waals surface area contributed by atoms with Crippen molar-refractivity contribution in [3.8, 4) is 11.5 Å². The highest BCUT2D eigenvalue weighted by atomic mass is 16.3. The molecule has 1 amide bonds. The molecule has 4 nitrogen and oxygen atoms in total. The van der Waals surface area contributed by atoms with Crippen LogP contribution in [0.4, 0.5) is 0 Å². The Morgan fingerprint density at radius 3 is 2.28 bits per heavy atom. The second kappa shape index (κ2) is 5.58. The zero-order chi connectivity index (χ0) is 13.9. The van der Waals surface area contributed by atoms with Crippen molar-refractivity contribution in [3.05, 3.63) is 34.9 Å². The molecule has 1 aromatic carbocycles. The molecule has 1 aromatic rings. The molecule has 0 aliphatic rings. The van der Waals surface area contributed by atoms with Gasteiger partial charge < -0.3 is 15.5 Å². The molecule has 0 aliphatic carbocycles. The molecular weight excluding hydrogens is 230 g/mol. The first-order valence-corrected chi connectivity index (χ1v) is 5.81. The fourth-order valence-corrected chi connectivity index (χ4v) is 1.87. The summed E-state index contributed by atoms with van der Waals surface area (Å²) in [5, 5.41) is 22.6. The maximum Gasteiger partial charge on any atom is 0.243 e. The summed E-state index contributed by atoms with van der Waals surface area (Å²) in [6.45, 7) is 9.03. The Bertz CT molecular complexity index is 463. The number of carbonyl (C=O) groups is 1. The fourth-order valence-electron chi connectivity index (χ4n) is 1.87. The maximum atomic E-state index is 11.0. The third-order valence-corrected chi connectivity index (χ3v) is 3.23.